The van der Waals surface area contributed by atoms with Crippen molar-refractivity contribution < 1.29 is 19.4 Å². The van der Waals surface area contributed by atoms with Gasteiger partial charge in [-0.2, -0.15) is 0 Å². The van der Waals surface area contributed by atoms with Crippen LogP contribution >= 0.6 is 0 Å². The van der Waals surface area contributed by atoms with Gasteiger partial charge in [0.15, 0.2) is 0 Å². The molecule has 1 unspecified atom stereocenters. The van der Waals surface area contributed by atoms with Crippen molar-refractivity contribution >= 4 is 11.8 Å². The Morgan fingerprint density at radius 3 is 2.68 bits per heavy atom. The van der Waals surface area contributed by atoms with Gasteiger partial charge < -0.3 is 20.5 Å². The van der Waals surface area contributed by atoms with E-state index in [1.165, 1.54) is 0 Å². The molecule has 0 radical (unpaired) electrons. The molecule has 1 aliphatic heterocycles. The van der Waals surface area contributed by atoms with Crippen LogP contribution in [0.3, 0.4) is 0 Å². The van der Waals surface area contributed by atoms with Gasteiger partial charge in [-0.15, -0.1) is 0 Å². The van der Waals surface area contributed by atoms with E-state index in [1.54, 1.807) is 18.1 Å². The number of nitrogens with zero attached hydrogens (tertiary/aromatic N) is 1. The SMILES string of the molecule is COc1ccc(CCN2CC=C(CC(O)C(N)=O)C2=O)cc1. The predicted molar refractivity (Wildman–Crippen MR) is 81.2 cm³/mol. The average molecular weight is 304 g/mol. The molecule has 1 atom stereocenters. The lowest BCUT2D eigenvalue weighted by Crippen LogP contribution is -2.32. The number of methoxy groups -OCH3 is 1. The van der Waals surface area contributed by atoms with Gasteiger partial charge in [-0.25, -0.2) is 0 Å². The number of benzene rings is 1. The molecule has 0 aromatic heterocycles. The Kier molecular flexibility index (Phi) is 5.16. The fraction of sp³-hybridized carbons (Fsp3) is 0.375. The van der Waals surface area contributed by atoms with Crippen molar-refractivity contribution in [2.75, 3.05) is 20.2 Å². The van der Waals surface area contributed by atoms with E-state index in [0.717, 1.165) is 17.7 Å². The highest BCUT2D eigenvalue weighted by Gasteiger charge is 2.26. The molecule has 1 aromatic rings. The van der Waals surface area contributed by atoms with Crippen LogP contribution in [0.1, 0.15) is 12.0 Å². The molecule has 1 heterocycles. The topological polar surface area (TPSA) is 92.9 Å². The number of rotatable bonds is 7. The van der Waals surface area contributed by atoms with E-state index < -0.39 is 12.0 Å². The summed E-state index contributed by atoms with van der Waals surface area (Å²) in [6.07, 6.45) is 1.14. The van der Waals surface area contributed by atoms with E-state index in [9.17, 15) is 14.7 Å². The fourth-order valence-corrected chi connectivity index (χ4v) is 2.32. The zero-order chi connectivity index (χ0) is 16.1. The summed E-state index contributed by atoms with van der Waals surface area (Å²) in [5, 5.41) is 9.45. The minimum Gasteiger partial charge on any atom is -0.497 e. The van der Waals surface area contributed by atoms with E-state index in [2.05, 4.69) is 0 Å². The van der Waals surface area contributed by atoms with Gasteiger partial charge in [0.1, 0.15) is 11.9 Å². The van der Waals surface area contributed by atoms with Gasteiger partial charge in [0.2, 0.25) is 11.8 Å². The molecular weight excluding hydrogens is 284 g/mol. The number of amides is 2. The van der Waals surface area contributed by atoms with Crippen molar-refractivity contribution in [3.05, 3.63) is 41.5 Å². The Morgan fingerprint density at radius 2 is 2.09 bits per heavy atom. The van der Waals surface area contributed by atoms with Crippen LogP contribution < -0.4 is 10.5 Å². The summed E-state index contributed by atoms with van der Waals surface area (Å²) in [6, 6.07) is 7.69. The van der Waals surface area contributed by atoms with E-state index >= 15 is 0 Å². The van der Waals surface area contributed by atoms with Gasteiger partial charge >= 0.3 is 0 Å². The Morgan fingerprint density at radius 1 is 1.41 bits per heavy atom. The second kappa shape index (κ2) is 7.09. The van der Waals surface area contributed by atoms with Crippen LogP contribution in [-0.4, -0.2) is 48.1 Å². The van der Waals surface area contributed by atoms with Gasteiger partial charge in [0.25, 0.3) is 0 Å². The van der Waals surface area contributed by atoms with Crippen LogP contribution in [0.25, 0.3) is 0 Å². The number of hydrogen-bond donors (Lipinski definition) is 2. The molecule has 0 saturated carbocycles. The molecule has 0 bridgehead atoms. The number of aliphatic hydroxyl groups is 1. The number of aliphatic hydroxyl groups excluding tert-OH is 1. The van der Waals surface area contributed by atoms with Crippen LogP contribution in [0, 0.1) is 0 Å². The molecule has 2 rings (SSSR count). The second-order valence-corrected chi connectivity index (χ2v) is 5.20. The lowest BCUT2D eigenvalue weighted by atomic mass is 10.1. The predicted octanol–water partition coefficient (Wildman–Crippen LogP) is 0.243. The van der Waals surface area contributed by atoms with E-state index in [0.29, 0.717) is 18.7 Å². The molecule has 0 fully saturated rings. The molecule has 3 N–H and O–H groups in total. The van der Waals surface area contributed by atoms with Crippen LogP contribution in [0.4, 0.5) is 0 Å². The van der Waals surface area contributed by atoms with Crippen molar-refractivity contribution in [1.29, 1.82) is 0 Å². The van der Waals surface area contributed by atoms with Crippen molar-refractivity contribution in [1.82, 2.24) is 4.90 Å². The minimum atomic E-state index is -1.31. The number of carbonyl (C=O) groups is 2. The summed E-state index contributed by atoms with van der Waals surface area (Å²) >= 11 is 0. The van der Waals surface area contributed by atoms with E-state index in [1.807, 2.05) is 24.3 Å². The number of nitrogens with two attached hydrogens (primary N) is 1. The first kappa shape index (κ1) is 16.0. The van der Waals surface area contributed by atoms with E-state index in [4.69, 9.17) is 10.5 Å². The molecule has 118 valence electrons. The molecule has 0 spiro atoms. The quantitative estimate of drug-likeness (QED) is 0.755. The third-order valence-electron chi connectivity index (χ3n) is 3.69. The summed E-state index contributed by atoms with van der Waals surface area (Å²) in [5.74, 6) is -0.162. The molecular formula is C16H20N2O4. The zero-order valence-electron chi connectivity index (χ0n) is 12.5. The van der Waals surface area contributed by atoms with Gasteiger partial charge in [-0.1, -0.05) is 18.2 Å². The maximum Gasteiger partial charge on any atom is 0.249 e. The molecule has 1 aliphatic rings. The molecule has 6 heteroatoms. The van der Waals surface area contributed by atoms with Crippen LogP contribution in [0.5, 0.6) is 5.75 Å². The zero-order valence-corrected chi connectivity index (χ0v) is 12.5. The third-order valence-corrected chi connectivity index (χ3v) is 3.69. The minimum absolute atomic E-state index is 0.0206. The summed E-state index contributed by atoms with van der Waals surface area (Å²) in [7, 11) is 1.62. The molecule has 22 heavy (non-hydrogen) atoms. The smallest absolute Gasteiger partial charge is 0.249 e. The first-order valence-electron chi connectivity index (χ1n) is 7.10. The van der Waals surface area contributed by atoms with E-state index in [-0.39, 0.29) is 12.3 Å². The third kappa shape index (κ3) is 3.85. The van der Waals surface area contributed by atoms with Crippen molar-refractivity contribution in [3.63, 3.8) is 0 Å². The first-order valence-corrected chi connectivity index (χ1v) is 7.10. The molecule has 0 saturated heterocycles. The monoisotopic (exact) mass is 304 g/mol. The summed E-state index contributed by atoms with van der Waals surface area (Å²) in [6.45, 7) is 1.08. The Labute approximate surface area is 129 Å². The number of primary amides is 1. The number of carbonyl (C=O) groups excluding carboxylic acids is 2. The summed E-state index contributed by atoms with van der Waals surface area (Å²) in [5.41, 5.74) is 6.56. The first-order chi connectivity index (χ1) is 10.5. The average Bonchev–Trinajstić information content (AvgIpc) is 2.86. The lowest BCUT2D eigenvalue weighted by Gasteiger charge is -2.17. The van der Waals surface area contributed by atoms with Crippen molar-refractivity contribution in [2.24, 2.45) is 5.73 Å². The van der Waals surface area contributed by atoms with Gasteiger partial charge in [0, 0.05) is 25.1 Å². The standard InChI is InChI=1S/C16H20N2O4/c1-22-13-4-2-11(3-5-13)6-8-18-9-7-12(16(18)21)10-14(19)15(17)20/h2-5,7,14,19H,6,8-10H2,1H3,(H2,17,20). The Bertz CT molecular complexity index is 580. The molecule has 2 amide bonds. The number of ether oxygens (including phenoxy) is 1. The van der Waals surface area contributed by atoms with Gasteiger partial charge in [0.05, 0.1) is 7.11 Å². The maximum atomic E-state index is 12.2. The maximum absolute atomic E-state index is 12.2. The summed E-state index contributed by atoms with van der Waals surface area (Å²) < 4.78 is 5.10. The highest BCUT2D eigenvalue weighted by molar-refractivity contribution is 5.96. The Hall–Kier alpha value is -2.34. The van der Waals surface area contributed by atoms with Gasteiger partial charge in [-0.3, -0.25) is 9.59 Å². The largest absolute Gasteiger partial charge is 0.497 e. The molecule has 1 aromatic carbocycles. The van der Waals surface area contributed by atoms with Crippen LogP contribution in [0.2, 0.25) is 0 Å². The normalized spacial score (nSPS) is 15.6. The lowest BCUT2D eigenvalue weighted by molar-refractivity contribution is -0.127. The Balaban J connectivity index is 1.85. The van der Waals surface area contributed by atoms with Gasteiger partial charge in [-0.05, 0) is 24.1 Å². The highest BCUT2D eigenvalue weighted by atomic mass is 16.5. The van der Waals surface area contributed by atoms with Crippen molar-refractivity contribution in [3.8, 4) is 5.75 Å². The summed E-state index contributed by atoms with van der Waals surface area (Å²) in [4.78, 5) is 24.7. The van der Waals surface area contributed by atoms with Crippen LogP contribution in [-0.2, 0) is 16.0 Å². The highest BCUT2D eigenvalue weighted by Crippen LogP contribution is 2.18. The molecule has 0 aliphatic carbocycles. The number of hydrogen-bond acceptors (Lipinski definition) is 4. The van der Waals surface area contributed by atoms with Crippen LogP contribution in [0.15, 0.2) is 35.9 Å². The van der Waals surface area contributed by atoms with Crippen molar-refractivity contribution in [2.45, 2.75) is 18.9 Å². The second-order valence-electron chi connectivity index (χ2n) is 5.20. The fourth-order valence-electron chi connectivity index (χ4n) is 2.32. The molecule has 6 nitrogen and oxygen atoms in total.